The Labute approximate surface area is 135 Å². The van der Waals surface area contributed by atoms with Gasteiger partial charge in [-0.2, -0.15) is 5.10 Å². The highest BCUT2D eigenvalue weighted by molar-refractivity contribution is 5.11. The van der Waals surface area contributed by atoms with Gasteiger partial charge in [0.05, 0.1) is 6.54 Å². The maximum atomic E-state index is 11.8. The summed E-state index contributed by atoms with van der Waals surface area (Å²) in [6.45, 7) is 2.55. The summed E-state index contributed by atoms with van der Waals surface area (Å²) in [6.07, 6.45) is 10.3. The van der Waals surface area contributed by atoms with E-state index in [0.717, 1.165) is 37.3 Å². The van der Waals surface area contributed by atoms with Gasteiger partial charge in [0.2, 0.25) is 0 Å². The second-order valence-electron chi connectivity index (χ2n) is 6.53. The van der Waals surface area contributed by atoms with Crippen LogP contribution in [0.25, 0.3) is 0 Å². The Balaban J connectivity index is 1.43. The van der Waals surface area contributed by atoms with Crippen LogP contribution < -0.4 is 5.56 Å². The lowest BCUT2D eigenvalue weighted by atomic mass is 10.2. The van der Waals surface area contributed by atoms with E-state index >= 15 is 0 Å². The summed E-state index contributed by atoms with van der Waals surface area (Å²) in [6, 6.07) is 3.60. The number of hydrogen-bond acceptors (Lipinski definition) is 5. The standard InChI is InChI=1S/C17H21N5O/c23-16-4-1-7-20-22(16)12-15-3-2-8-21(15)11-13-9-18-17(19-10-13)14-5-6-14/h1,4,7,9-10,14-15H,2-3,5-6,8,11-12H2. The smallest absolute Gasteiger partial charge is 0.266 e. The van der Waals surface area contributed by atoms with Crippen LogP contribution in [0.1, 0.15) is 43.0 Å². The van der Waals surface area contributed by atoms with E-state index in [1.54, 1.807) is 23.0 Å². The lowest BCUT2D eigenvalue weighted by molar-refractivity contribution is 0.216. The number of aromatic nitrogens is 4. The first-order chi connectivity index (χ1) is 11.3. The quantitative estimate of drug-likeness (QED) is 0.839. The minimum Gasteiger partial charge on any atom is -0.294 e. The Bertz CT molecular complexity index is 722. The van der Waals surface area contributed by atoms with Gasteiger partial charge in [-0.1, -0.05) is 0 Å². The fraction of sp³-hybridized carbons (Fsp3) is 0.529. The van der Waals surface area contributed by atoms with Crippen LogP contribution in [0.3, 0.4) is 0 Å². The maximum Gasteiger partial charge on any atom is 0.266 e. The minimum absolute atomic E-state index is 0.0310. The molecule has 1 atom stereocenters. The molecule has 1 aliphatic heterocycles. The Morgan fingerprint density at radius 1 is 1.17 bits per heavy atom. The largest absolute Gasteiger partial charge is 0.294 e. The van der Waals surface area contributed by atoms with Gasteiger partial charge in [-0.25, -0.2) is 14.6 Å². The van der Waals surface area contributed by atoms with Crippen molar-refractivity contribution in [2.24, 2.45) is 0 Å². The average molecular weight is 311 g/mol. The van der Waals surface area contributed by atoms with Crippen LogP contribution >= 0.6 is 0 Å². The van der Waals surface area contributed by atoms with Crippen molar-refractivity contribution in [3.05, 3.63) is 52.5 Å². The van der Waals surface area contributed by atoms with Gasteiger partial charge in [0.25, 0.3) is 5.56 Å². The van der Waals surface area contributed by atoms with Crippen LogP contribution in [0, 0.1) is 0 Å². The van der Waals surface area contributed by atoms with E-state index in [2.05, 4.69) is 20.0 Å². The van der Waals surface area contributed by atoms with E-state index in [0.29, 0.717) is 18.5 Å². The summed E-state index contributed by atoms with van der Waals surface area (Å²) in [7, 11) is 0. The molecule has 0 aromatic carbocycles. The van der Waals surface area contributed by atoms with Crippen molar-refractivity contribution in [1.82, 2.24) is 24.6 Å². The highest BCUT2D eigenvalue weighted by Crippen LogP contribution is 2.37. The van der Waals surface area contributed by atoms with Crippen LogP contribution in [-0.4, -0.2) is 37.2 Å². The zero-order valence-electron chi connectivity index (χ0n) is 13.1. The molecular formula is C17H21N5O. The fourth-order valence-corrected chi connectivity index (χ4v) is 3.27. The molecule has 0 spiro atoms. The Morgan fingerprint density at radius 3 is 2.74 bits per heavy atom. The van der Waals surface area contributed by atoms with E-state index in [-0.39, 0.29) is 5.56 Å². The number of nitrogens with zero attached hydrogens (tertiary/aromatic N) is 5. The molecule has 0 N–H and O–H groups in total. The van der Waals surface area contributed by atoms with Gasteiger partial charge in [0.1, 0.15) is 5.82 Å². The zero-order valence-corrected chi connectivity index (χ0v) is 13.1. The molecule has 0 amide bonds. The SMILES string of the molecule is O=c1cccnn1CC1CCCN1Cc1cnc(C2CC2)nc1. The average Bonchev–Trinajstić information content (AvgIpc) is 3.33. The Morgan fingerprint density at radius 2 is 2.00 bits per heavy atom. The van der Waals surface area contributed by atoms with Crippen LogP contribution in [0.4, 0.5) is 0 Å². The van der Waals surface area contributed by atoms with Crippen molar-refractivity contribution in [3.63, 3.8) is 0 Å². The van der Waals surface area contributed by atoms with Crippen molar-refractivity contribution in [1.29, 1.82) is 0 Å². The van der Waals surface area contributed by atoms with Crippen LogP contribution in [0.15, 0.2) is 35.5 Å². The van der Waals surface area contributed by atoms with Crippen LogP contribution in [0.2, 0.25) is 0 Å². The molecule has 0 radical (unpaired) electrons. The second-order valence-corrected chi connectivity index (χ2v) is 6.53. The molecule has 6 heteroatoms. The highest BCUT2D eigenvalue weighted by Gasteiger charge is 2.27. The fourth-order valence-electron chi connectivity index (χ4n) is 3.27. The van der Waals surface area contributed by atoms with E-state index < -0.39 is 0 Å². The lowest BCUT2D eigenvalue weighted by Gasteiger charge is -2.24. The first-order valence-corrected chi connectivity index (χ1v) is 8.36. The number of rotatable bonds is 5. The molecule has 1 saturated carbocycles. The summed E-state index contributed by atoms with van der Waals surface area (Å²) < 4.78 is 1.57. The third-order valence-electron chi connectivity index (χ3n) is 4.72. The van der Waals surface area contributed by atoms with Crippen molar-refractivity contribution in [2.75, 3.05) is 6.54 Å². The molecule has 2 aromatic heterocycles. The highest BCUT2D eigenvalue weighted by atomic mass is 16.1. The summed E-state index contributed by atoms with van der Waals surface area (Å²) in [5, 5.41) is 4.17. The maximum absolute atomic E-state index is 11.8. The lowest BCUT2D eigenvalue weighted by Crippen LogP contribution is -2.36. The van der Waals surface area contributed by atoms with Crippen LogP contribution in [-0.2, 0) is 13.1 Å². The van der Waals surface area contributed by atoms with Crippen molar-refractivity contribution >= 4 is 0 Å². The van der Waals surface area contributed by atoms with Gasteiger partial charge in [-0.3, -0.25) is 9.69 Å². The summed E-state index contributed by atoms with van der Waals surface area (Å²) in [4.78, 5) is 23.3. The van der Waals surface area contributed by atoms with E-state index in [1.165, 1.54) is 12.8 Å². The summed E-state index contributed by atoms with van der Waals surface area (Å²) in [5.74, 6) is 1.59. The first-order valence-electron chi connectivity index (χ1n) is 8.36. The second kappa shape index (κ2) is 6.20. The monoisotopic (exact) mass is 311 g/mol. The summed E-state index contributed by atoms with van der Waals surface area (Å²) in [5.41, 5.74) is 1.12. The van der Waals surface area contributed by atoms with E-state index in [4.69, 9.17) is 0 Å². The topological polar surface area (TPSA) is 63.9 Å². The molecule has 1 saturated heterocycles. The summed E-state index contributed by atoms with van der Waals surface area (Å²) >= 11 is 0. The van der Waals surface area contributed by atoms with Crippen molar-refractivity contribution in [2.45, 2.75) is 50.7 Å². The van der Waals surface area contributed by atoms with Gasteiger partial charge < -0.3 is 0 Å². The van der Waals surface area contributed by atoms with E-state index in [1.807, 2.05) is 12.4 Å². The molecule has 0 bridgehead atoms. The van der Waals surface area contributed by atoms with Gasteiger partial charge in [-0.15, -0.1) is 0 Å². The predicted molar refractivity (Wildman–Crippen MR) is 85.9 cm³/mol. The molecule has 2 aromatic rings. The van der Waals surface area contributed by atoms with Gasteiger partial charge in [-0.05, 0) is 38.3 Å². The van der Waals surface area contributed by atoms with E-state index in [9.17, 15) is 4.79 Å². The third kappa shape index (κ3) is 3.32. The Hall–Kier alpha value is -2.08. The van der Waals surface area contributed by atoms with Crippen LogP contribution in [0.5, 0.6) is 0 Å². The normalized spacial score (nSPS) is 21.7. The molecule has 120 valence electrons. The minimum atomic E-state index is -0.0310. The third-order valence-corrected chi connectivity index (χ3v) is 4.72. The molecule has 23 heavy (non-hydrogen) atoms. The van der Waals surface area contributed by atoms with Gasteiger partial charge in [0, 0.05) is 48.7 Å². The first kappa shape index (κ1) is 14.5. The van der Waals surface area contributed by atoms with Gasteiger partial charge >= 0.3 is 0 Å². The van der Waals surface area contributed by atoms with Gasteiger partial charge in [0.15, 0.2) is 0 Å². The molecule has 3 heterocycles. The number of likely N-dealkylation sites (tertiary alicyclic amines) is 1. The molecule has 1 aliphatic carbocycles. The Kier molecular flexibility index (Phi) is 3.91. The molecule has 4 rings (SSSR count). The molecule has 6 nitrogen and oxygen atoms in total. The van der Waals surface area contributed by atoms with Crippen molar-refractivity contribution < 1.29 is 0 Å². The predicted octanol–water partition coefficient (Wildman–Crippen LogP) is 1.58. The molecule has 2 fully saturated rings. The molecular weight excluding hydrogens is 290 g/mol. The molecule has 1 unspecified atom stereocenters. The van der Waals surface area contributed by atoms with Crippen molar-refractivity contribution in [3.8, 4) is 0 Å². The number of hydrogen-bond donors (Lipinski definition) is 0. The molecule has 2 aliphatic rings. The zero-order chi connectivity index (χ0) is 15.6.